The zero-order chi connectivity index (χ0) is 12.1. The Kier molecular flexibility index (Phi) is 4.33. The van der Waals surface area contributed by atoms with Crippen molar-refractivity contribution >= 4 is 41.3 Å². The second-order valence-electron chi connectivity index (χ2n) is 2.53. The van der Waals surface area contributed by atoms with E-state index in [9.17, 15) is 4.79 Å². The summed E-state index contributed by atoms with van der Waals surface area (Å²) in [5.41, 5.74) is 0.00784. The molecule has 16 heavy (non-hydrogen) atoms. The van der Waals surface area contributed by atoms with Crippen LogP contribution in [0.1, 0.15) is 10.4 Å². The second kappa shape index (κ2) is 5.53. The van der Waals surface area contributed by atoms with Gasteiger partial charge >= 0.3 is 5.97 Å². The fourth-order valence-corrected chi connectivity index (χ4v) is 1.50. The molecular weight excluding hydrogens is 257 g/mol. The van der Waals surface area contributed by atoms with Gasteiger partial charge in [0.1, 0.15) is 22.9 Å². The van der Waals surface area contributed by atoms with Crippen LogP contribution in [0, 0.1) is 0 Å². The van der Waals surface area contributed by atoms with Crippen LogP contribution in [-0.2, 0) is 4.74 Å². The van der Waals surface area contributed by atoms with E-state index >= 15 is 0 Å². The highest BCUT2D eigenvalue weighted by Gasteiger charge is 2.18. The molecule has 0 atom stereocenters. The van der Waals surface area contributed by atoms with Crippen molar-refractivity contribution in [2.45, 2.75) is 0 Å². The van der Waals surface area contributed by atoms with Gasteiger partial charge in [0.2, 0.25) is 0 Å². The van der Waals surface area contributed by atoms with Crippen LogP contribution in [0.4, 0.5) is 5.82 Å². The lowest BCUT2D eigenvalue weighted by atomic mass is 10.2. The normalized spacial score (nSPS) is 10.4. The Morgan fingerprint density at radius 2 is 2.38 bits per heavy atom. The maximum absolute atomic E-state index is 11.4. The van der Waals surface area contributed by atoms with Crippen molar-refractivity contribution in [2.75, 3.05) is 12.4 Å². The van der Waals surface area contributed by atoms with Gasteiger partial charge in [0.05, 0.1) is 12.1 Å². The fraction of sp³-hybridized carbons (Fsp3) is 0.125. The van der Waals surface area contributed by atoms with Crippen molar-refractivity contribution in [2.24, 2.45) is 5.16 Å². The monoisotopic (exact) mass is 263 g/mol. The minimum Gasteiger partial charge on any atom is -0.465 e. The summed E-state index contributed by atoms with van der Waals surface area (Å²) in [7, 11) is 1.21. The summed E-state index contributed by atoms with van der Waals surface area (Å²) in [5.74, 6) is -0.634. The first-order valence-corrected chi connectivity index (χ1v) is 4.72. The number of anilines is 1. The van der Waals surface area contributed by atoms with Crippen LogP contribution in [0.2, 0.25) is 10.2 Å². The summed E-state index contributed by atoms with van der Waals surface area (Å²) in [6.07, 6.45) is 0.918. The highest BCUT2D eigenvalue weighted by molar-refractivity contribution is 6.36. The van der Waals surface area contributed by atoms with Gasteiger partial charge < -0.3 is 15.3 Å². The third-order valence-electron chi connectivity index (χ3n) is 1.59. The molecule has 2 N–H and O–H groups in total. The predicted octanol–water partition coefficient (Wildman–Crippen LogP) is 2.00. The van der Waals surface area contributed by atoms with E-state index in [0.717, 1.165) is 6.34 Å². The summed E-state index contributed by atoms with van der Waals surface area (Å²) in [4.78, 5) is 15.2. The Hall–Kier alpha value is -1.53. The average molecular weight is 264 g/mol. The molecule has 86 valence electrons. The number of esters is 1. The highest BCUT2D eigenvalue weighted by atomic mass is 35.5. The number of pyridine rings is 1. The first-order chi connectivity index (χ1) is 7.60. The third-order valence-corrected chi connectivity index (χ3v) is 2.08. The molecule has 0 aliphatic rings. The summed E-state index contributed by atoms with van der Waals surface area (Å²) < 4.78 is 4.52. The van der Waals surface area contributed by atoms with Gasteiger partial charge in [-0.25, -0.2) is 9.78 Å². The zero-order valence-electron chi connectivity index (χ0n) is 8.07. The molecule has 6 nitrogen and oxygen atoms in total. The summed E-state index contributed by atoms with van der Waals surface area (Å²) in [6, 6.07) is 1.30. The summed E-state index contributed by atoms with van der Waals surface area (Å²) >= 11 is 11.5. The minimum absolute atomic E-state index is 0.00784. The van der Waals surface area contributed by atoms with Gasteiger partial charge in [0.15, 0.2) is 0 Å². The Bertz CT molecular complexity index is 437. The van der Waals surface area contributed by atoms with Gasteiger partial charge in [-0.3, -0.25) is 0 Å². The van der Waals surface area contributed by atoms with Crippen molar-refractivity contribution in [3.63, 3.8) is 0 Å². The van der Waals surface area contributed by atoms with E-state index in [1.165, 1.54) is 13.2 Å². The number of aromatic nitrogens is 1. The molecule has 0 aliphatic heterocycles. The predicted molar refractivity (Wildman–Crippen MR) is 59.5 cm³/mol. The van der Waals surface area contributed by atoms with E-state index in [2.05, 4.69) is 20.2 Å². The molecular formula is C8H7Cl2N3O3. The van der Waals surface area contributed by atoms with Gasteiger partial charge in [-0.2, -0.15) is 0 Å². The Morgan fingerprint density at radius 3 is 2.94 bits per heavy atom. The van der Waals surface area contributed by atoms with E-state index < -0.39 is 5.97 Å². The zero-order valence-corrected chi connectivity index (χ0v) is 9.58. The van der Waals surface area contributed by atoms with Crippen LogP contribution in [0.25, 0.3) is 0 Å². The number of hydrogen-bond donors (Lipinski definition) is 2. The molecule has 0 aromatic carbocycles. The Labute approximate surface area is 101 Å². The van der Waals surface area contributed by atoms with Crippen molar-refractivity contribution < 1.29 is 14.7 Å². The van der Waals surface area contributed by atoms with Crippen LogP contribution in [0.3, 0.4) is 0 Å². The van der Waals surface area contributed by atoms with Gasteiger partial charge in [0.25, 0.3) is 0 Å². The molecule has 0 amide bonds. The average Bonchev–Trinajstić information content (AvgIpc) is 2.24. The standard InChI is InChI=1S/C8H7Cl2N3O3/c1-16-8(14)6-4(9)2-5(10)13-7(6)11-3-12-15/h2-3,15H,1H3,(H,11,12,13). The smallest absolute Gasteiger partial charge is 0.343 e. The fourth-order valence-electron chi connectivity index (χ4n) is 0.976. The highest BCUT2D eigenvalue weighted by Crippen LogP contribution is 2.26. The quantitative estimate of drug-likeness (QED) is 0.218. The maximum Gasteiger partial charge on any atom is 0.343 e. The number of nitrogens with one attached hydrogen (secondary N) is 1. The summed E-state index contributed by atoms with van der Waals surface area (Å²) in [6.45, 7) is 0. The number of rotatable bonds is 3. The molecule has 1 rings (SSSR count). The van der Waals surface area contributed by atoms with Gasteiger partial charge in [-0.15, -0.1) is 0 Å². The Balaban J connectivity index is 3.26. The largest absolute Gasteiger partial charge is 0.465 e. The first-order valence-electron chi connectivity index (χ1n) is 3.97. The van der Waals surface area contributed by atoms with Gasteiger partial charge in [-0.05, 0) is 6.07 Å². The van der Waals surface area contributed by atoms with E-state index in [1.54, 1.807) is 0 Å². The molecule has 0 aliphatic carbocycles. The molecule has 1 heterocycles. The SMILES string of the molecule is COC(=O)c1c(Cl)cc(Cl)nc1N/C=N/O. The number of ether oxygens (including phenoxy) is 1. The van der Waals surface area contributed by atoms with Crippen molar-refractivity contribution in [1.82, 2.24) is 4.98 Å². The van der Waals surface area contributed by atoms with Crippen LogP contribution in [-0.4, -0.2) is 29.6 Å². The molecule has 0 saturated heterocycles. The molecule has 0 fully saturated rings. The number of methoxy groups -OCH3 is 1. The van der Waals surface area contributed by atoms with E-state index in [1.807, 2.05) is 0 Å². The number of carbonyl (C=O) groups is 1. The number of carbonyl (C=O) groups excluding carboxylic acids is 1. The van der Waals surface area contributed by atoms with Crippen LogP contribution in [0.15, 0.2) is 11.2 Å². The van der Waals surface area contributed by atoms with Crippen LogP contribution >= 0.6 is 23.2 Å². The summed E-state index contributed by atoms with van der Waals surface area (Å²) in [5, 5.41) is 13.6. The maximum atomic E-state index is 11.4. The van der Waals surface area contributed by atoms with Gasteiger partial charge in [-0.1, -0.05) is 28.4 Å². The Morgan fingerprint density at radius 1 is 1.69 bits per heavy atom. The van der Waals surface area contributed by atoms with E-state index in [4.69, 9.17) is 28.4 Å². The topological polar surface area (TPSA) is 83.8 Å². The van der Waals surface area contributed by atoms with Crippen molar-refractivity contribution in [3.05, 3.63) is 21.8 Å². The van der Waals surface area contributed by atoms with Gasteiger partial charge in [0, 0.05) is 0 Å². The number of halogens is 2. The molecule has 1 aromatic rings. The molecule has 0 saturated carbocycles. The number of hydrogen-bond acceptors (Lipinski definition) is 5. The minimum atomic E-state index is -0.678. The van der Waals surface area contributed by atoms with Crippen molar-refractivity contribution in [1.29, 1.82) is 0 Å². The molecule has 0 bridgehead atoms. The van der Waals surface area contributed by atoms with E-state index in [0.29, 0.717) is 0 Å². The van der Waals surface area contributed by atoms with Crippen LogP contribution < -0.4 is 5.32 Å². The lowest BCUT2D eigenvalue weighted by Crippen LogP contribution is -2.10. The van der Waals surface area contributed by atoms with Crippen molar-refractivity contribution in [3.8, 4) is 0 Å². The number of nitrogens with zero attached hydrogens (tertiary/aromatic N) is 2. The second-order valence-corrected chi connectivity index (χ2v) is 3.33. The number of oxime groups is 1. The molecule has 1 aromatic heterocycles. The third kappa shape index (κ3) is 2.74. The lowest BCUT2D eigenvalue weighted by molar-refractivity contribution is 0.0602. The van der Waals surface area contributed by atoms with Crippen LogP contribution in [0.5, 0.6) is 0 Å². The molecule has 0 spiro atoms. The molecule has 0 radical (unpaired) electrons. The lowest BCUT2D eigenvalue weighted by Gasteiger charge is -2.08. The molecule has 0 unspecified atom stereocenters. The first kappa shape index (κ1) is 12.5. The van der Waals surface area contributed by atoms with E-state index in [-0.39, 0.29) is 21.6 Å². The molecule has 8 heteroatoms.